The van der Waals surface area contributed by atoms with E-state index in [-0.39, 0.29) is 0 Å². The Morgan fingerprint density at radius 1 is 0.800 bits per heavy atom. The molecule has 30 heavy (non-hydrogen) atoms. The number of benzene rings is 3. The first kappa shape index (κ1) is 21.3. The number of aryl methyl sites for hydroxylation is 2. The van der Waals surface area contributed by atoms with Gasteiger partial charge in [-0.05, 0) is 60.5 Å². The summed E-state index contributed by atoms with van der Waals surface area (Å²) in [5.41, 5.74) is 5.09. The fourth-order valence-electron chi connectivity index (χ4n) is 3.46. The van der Waals surface area contributed by atoms with Crippen LogP contribution < -0.4 is 4.90 Å². The van der Waals surface area contributed by atoms with Gasteiger partial charge in [-0.1, -0.05) is 58.5 Å². The molecule has 0 amide bonds. The van der Waals surface area contributed by atoms with Crippen LogP contribution in [-0.2, 0) is 20.1 Å². The number of nitrogens with zero attached hydrogens (tertiary/aromatic N) is 3. The van der Waals surface area contributed by atoms with Gasteiger partial charge in [-0.2, -0.15) is 5.10 Å². The van der Waals surface area contributed by atoms with Gasteiger partial charge in [-0.25, -0.2) is 0 Å². The van der Waals surface area contributed by atoms with E-state index in [1.807, 2.05) is 42.1 Å². The van der Waals surface area contributed by atoms with Gasteiger partial charge in [0.25, 0.3) is 0 Å². The average molecular weight is 479 g/mol. The molecule has 0 fully saturated rings. The van der Waals surface area contributed by atoms with Crippen molar-refractivity contribution < 1.29 is 0 Å². The van der Waals surface area contributed by atoms with E-state index in [4.69, 9.17) is 46.4 Å². The topological polar surface area (TPSA) is 21.1 Å². The molecule has 3 nitrogen and oxygen atoms in total. The summed E-state index contributed by atoms with van der Waals surface area (Å²) in [6, 6.07) is 17.4. The van der Waals surface area contributed by atoms with Crippen molar-refractivity contribution in [2.24, 2.45) is 7.05 Å². The molecular weight excluding hydrogens is 460 g/mol. The Kier molecular flexibility index (Phi) is 6.17. The van der Waals surface area contributed by atoms with Crippen LogP contribution in [0.2, 0.25) is 20.1 Å². The van der Waals surface area contributed by atoms with Gasteiger partial charge < -0.3 is 4.90 Å². The van der Waals surface area contributed by atoms with Gasteiger partial charge in [-0.3, -0.25) is 4.68 Å². The molecule has 0 spiro atoms. The molecule has 0 N–H and O–H groups in total. The maximum Gasteiger partial charge on any atom is 0.0927 e. The molecule has 0 saturated heterocycles. The zero-order valence-corrected chi connectivity index (χ0v) is 19.5. The quantitative estimate of drug-likeness (QED) is 0.293. The van der Waals surface area contributed by atoms with Crippen LogP contribution in [0.25, 0.3) is 10.9 Å². The molecule has 7 heteroatoms. The number of anilines is 1. The summed E-state index contributed by atoms with van der Waals surface area (Å²) < 4.78 is 1.89. The Labute approximate surface area is 195 Å². The minimum atomic E-state index is 0.597. The number of hydrogen-bond donors (Lipinski definition) is 0. The fraction of sp³-hybridized carbons (Fsp3) is 0.174. The summed E-state index contributed by atoms with van der Waals surface area (Å²) >= 11 is 25.1. The first-order valence-corrected chi connectivity index (χ1v) is 10.9. The Bertz CT molecular complexity index is 1180. The second kappa shape index (κ2) is 8.68. The maximum absolute atomic E-state index is 6.47. The van der Waals surface area contributed by atoms with Crippen LogP contribution in [-0.4, -0.2) is 9.78 Å². The molecule has 4 rings (SSSR count). The van der Waals surface area contributed by atoms with Crippen LogP contribution in [0.15, 0.2) is 54.6 Å². The van der Waals surface area contributed by atoms with Gasteiger partial charge in [0, 0.05) is 57.0 Å². The zero-order valence-electron chi connectivity index (χ0n) is 16.5. The van der Waals surface area contributed by atoms with Crippen molar-refractivity contribution in [1.29, 1.82) is 0 Å². The van der Waals surface area contributed by atoms with Crippen LogP contribution >= 0.6 is 46.4 Å². The van der Waals surface area contributed by atoms with E-state index in [1.165, 1.54) is 0 Å². The Morgan fingerprint density at radius 2 is 1.37 bits per heavy atom. The van der Waals surface area contributed by atoms with Crippen LogP contribution in [0.5, 0.6) is 0 Å². The van der Waals surface area contributed by atoms with E-state index in [9.17, 15) is 0 Å². The zero-order chi connectivity index (χ0) is 21.4. The maximum atomic E-state index is 6.47. The predicted octanol–water partition coefficient (Wildman–Crippen LogP) is 7.70. The molecule has 0 aliphatic carbocycles. The van der Waals surface area contributed by atoms with E-state index in [1.54, 1.807) is 12.1 Å². The number of halogens is 4. The Balaban J connectivity index is 1.77. The monoisotopic (exact) mass is 477 g/mol. The van der Waals surface area contributed by atoms with Crippen molar-refractivity contribution in [3.8, 4) is 0 Å². The third-order valence-electron chi connectivity index (χ3n) is 5.23. The first-order chi connectivity index (χ1) is 14.3. The van der Waals surface area contributed by atoms with Gasteiger partial charge >= 0.3 is 0 Å². The van der Waals surface area contributed by atoms with Crippen LogP contribution in [0.1, 0.15) is 16.8 Å². The smallest absolute Gasteiger partial charge is 0.0927 e. The van der Waals surface area contributed by atoms with Gasteiger partial charge in [0.05, 0.1) is 5.52 Å². The lowest BCUT2D eigenvalue weighted by atomic mass is 10.1. The summed E-state index contributed by atoms with van der Waals surface area (Å²) in [6.07, 6.45) is 0. The van der Waals surface area contributed by atoms with Crippen molar-refractivity contribution in [1.82, 2.24) is 9.78 Å². The highest BCUT2D eigenvalue weighted by Crippen LogP contribution is 2.31. The first-order valence-electron chi connectivity index (χ1n) is 9.38. The van der Waals surface area contributed by atoms with E-state index in [0.717, 1.165) is 33.4 Å². The number of fused-ring (bicyclic) bond motifs is 1. The van der Waals surface area contributed by atoms with Crippen LogP contribution in [0, 0.1) is 6.92 Å². The molecule has 154 valence electrons. The highest BCUT2D eigenvalue weighted by Gasteiger charge is 2.15. The standard InChI is InChI=1S/C23H19Cl4N3/c1-14-20-11-19(7-8-23(20)28-29(14)2)30(12-15-3-5-17(24)9-21(15)26)13-16-4-6-18(25)10-22(16)27/h3-11H,12-13H2,1-2H3. The Hall–Kier alpha value is -1.91. The largest absolute Gasteiger partial charge is 0.363 e. The summed E-state index contributed by atoms with van der Waals surface area (Å²) in [6.45, 7) is 3.26. The number of hydrogen-bond acceptors (Lipinski definition) is 2. The minimum absolute atomic E-state index is 0.597. The normalized spacial score (nSPS) is 11.3. The van der Waals surface area contributed by atoms with E-state index in [0.29, 0.717) is 33.2 Å². The summed E-state index contributed by atoms with van der Waals surface area (Å²) in [5.74, 6) is 0. The highest BCUT2D eigenvalue weighted by atomic mass is 35.5. The summed E-state index contributed by atoms with van der Waals surface area (Å²) in [7, 11) is 1.95. The molecule has 3 aromatic carbocycles. The lowest BCUT2D eigenvalue weighted by Crippen LogP contribution is -2.22. The molecule has 0 atom stereocenters. The van der Waals surface area contributed by atoms with Crippen molar-refractivity contribution in [2.45, 2.75) is 20.0 Å². The van der Waals surface area contributed by atoms with Gasteiger partial charge in [0.15, 0.2) is 0 Å². The molecule has 1 heterocycles. The second-order valence-corrected chi connectivity index (χ2v) is 8.93. The lowest BCUT2D eigenvalue weighted by Gasteiger charge is -2.26. The van der Waals surface area contributed by atoms with E-state index < -0.39 is 0 Å². The number of aromatic nitrogens is 2. The van der Waals surface area contributed by atoms with E-state index in [2.05, 4.69) is 29.1 Å². The third-order valence-corrected chi connectivity index (χ3v) is 6.40. The molecule has 4 aromatic rings. The highest BCUT2D eigenvalue weighted by molar-refractivity contribution is 6.35. The van der Waals surface area contributed by atoms with Gasteiger partial charge in [-0.15, -0.1) is 0 Å². The van der Waals surface area contributed by atoms with Crippen molar-refractivity contribution in [3.05, 3.63) is 91.5 Å². The molecule has 0 bridgehead atoms. The predicted molar refractivity (Wildman–Crippen MR) is 128 cm³/mol. The molecule has 0 aliphatic rings. The summed E-state index contributed by atoms with van der Waals surface area (Å²) in [5, 5.41) is 8.16. The molecule has 0 aliphatic heterocycles. The van der Waals surface area contributed by atoms with Crippen molar-refractivity contribution in [3.63, 3.8) is 0 Å². The minimum Gasteiger partial charge on any atom is -0.363 e. The van der Waals surface area contributed by atoms with Crippen molar-refractivity contribution in [2.75, 3.05) is 4.90 Å². The SMILES string of the molecule is Cc1c2cc(N(Cc3ccc(Cl)cc3Cl)Cc3ccc(Cl)cc3Cl)ccc2nn1C. The molecule has 0 unspecified atom stereocenters. The molecule has 0 saturated carbocycles. The van der Waals surface area contributed by atoms with Crippen molar-refractivity contribution >= 4 is 63.0 Å². The van der Waals surface area contributed by atoms with Gasteiger partial charge in [0.1, 0.15) is 0 Å². The molecule has 0 radical (unpaired) electrons. The van der Waals surface area contributed by atoms with Crippen LogP contribution in [0.3, 0.4) is 0 Å². The van der Waals surface area contributed by atoms with Gasteiger partial charge in [0.2, 0.25) is 0 Å². The lowest BCUT2D eigenvalue weighted by molar-refractivity contribution is 0.751. The Morgan fingerprint density at radius 3 is 1.90 bits per heavy atom. The second-order valence-electron chi connectivity index (χ2n) is 7.24. The van der Waals surface area contributed by atoms with E-state index >= 15 is 0 Å². The average Bonchev–Trinajstić information content (AvgIpc) is 2.98. The van der Waals surface area contributed by atoms with Crippen LogP contribution in [0.4, 0.5) is 5.69 Å². The third kappa shape index (κ3) is 4.40. The fourth-order valence-corrected chi connectivity index (χ4v) is 4.39. The number of rotatable bonds is 5. The molecule has 1 aromatic heterocycles. The molecular formula is C23H19Cl4N3. The summed E-state index contributed by atoms with van der Waals surface area (Å²) in [4.78, 5) is 2.23.